The second-order valence-electron chi connectivity index (χ2n) is 6.74. The maximum atomic E-state index is 12.7. The summed E-state index contributed by atoms with van der Waals surface area (Å²) in [6, 6.07) is 0. The summed E-state index contributed by atoms with van der Waals surface area (Å²) >= 11 is 0. The van der Waals surface area contributed by atoms with E-state index >= 15 is 0 Å². The van der Waals surface area contributed by atoms with Crippen LogP contribution in [0.2, 0.25) is 0 Å². The van der Waals surface area contributed by atoms with Gasteiger partial charge < -0.3 is 5.11 Å². The van der Waals surface area contributed by atoms with E-state index in [1.54, 1.807) is 6.92 Å². The van der Waals surface area contributed by atoms with Crippen molar-refractivity contribution in [3.05, 3.63) is 51.7 Å². The number of fused-ring (bicyclic) bond motifs is 1. The molecule has 0 amide bonds. The summed E-state index contributed by atoms with van der Waals surface area (Å²) in [5, 5.41) is 13.7. The van der Waals surface area contributed by atoms with Gasteiger partial charge in [0.2, 0.25) is 0 Å². The third-order valence-corrected chi connectivity index (χ3v) is 6.79. The zero-order chi connectivity index (χ0) is 20.5. The van der Waals surface area contributed by atoms with Gasteiger partial charge in [0.05, 0.1) is 17.1 Å². The molecule has 1 aliphatic rings. The van der Waals surface area contributed by atoms with Gasteiger partial charge in [0.1, 0.15) is 0 Å². The number of sulfone groups is 1. The van der Waals surface area contributed by atoms with Crippen molar-refractivity contribution in [1.29, 1.82) is 0 Å². The molecule has 146 valence electrons. The molecule has 1 N–H and O–H groups in total. The molecule has 0 saturated carbocycles. The van der Waals surface area contributed by atoms with Crippen LogP contribution in [-0.2, 0) is 15.6 Å². The first-order valence-corrected chi connectivity index (χ1v) is 10.5. The van der Waals surface area contributed by atoms with Crippen LogP contribution in [0.15, 0.2) is 34.8 Å². The number of allylic oxidation sites excluding steroid dienone is 7. The summed E-state index contributed by atoms with van der Waals surface area (Å²) in [7, 11) is -3.55. The van der Waals surface area contributed by atoms with E-state index in [1.165, 1.54) is 4.68 Å². The van der Waals surface area contributed by atoms with E-state index < -0.39 is 15.8 Å². The average molecular weight is 391 g/mol. The molecule has 0 fully saturated rings. The molecule has 0 aliphatic carbocycles. The molecule has 0 bridgehead atoms. The highest BCUT2D eigenvalue weighted by atomic mass is 32.2. The largest absolute Gasteiger partial charge is 0.476 e. The van der Waals surface area contributed by atoms with Crippen LogP contribution in [0.4, 0.5) is 0 Å². The number of aromatic carboxylic acids is 1. The first-order valence-electron chi connectivity index (χ1n) is 8.84. The quantitative estimate of drug-likeness (QED) is 0.726. The Morgan fingerprint density at radius 3 is 2.48 bits per heavy atom. The number of aromatic nitrogens is 2. The molecule has 27 heavy (non-hydrogen) atoms. The van der Waals surface area contributed by atoms with Crippen molar-refractivity contribution in [3.63, 3.8) is 0 Å². The van der Waals surface area contributed by atoms with Gasteiger partial charge in [0.15, 0.2) is 15.5 Å². The number of nitrogens with zero attached hydrogens (tertiary/aromatic N) is 2. The number of carboxylic acids is 1. The Morgan fingerprint density at radius 1 is 1.33 bits per heavy atom. The Hall–Kier alpha value is -2.41. The number of hydrogen-bond donors (Lipinski definition) is 1. The van der Waals surface area contributed by atoms with Crippen molar-refractivity contribution in [2.75, 3.05) is 0 Å². The lowest BCUT2D eigenvalue weighted by Crippen LogP contribution is -2.18. The maximum absolute atomic E-state index is 12.7. The molecule has 0 saturated heterocycles. The molecular weight excluding hydrogens is 364 g/mol. The Bertz CT molecular complexity index is 1010. The lowest BCUT2D eigenvalue weighted by atomic mass is 10.0. The fraction of sp³-hybridized carbons (Fsp3) is 0.400. The predicted octanol–water partition coefficient (Wildman–Crippen LogP) is 4.42. The van der Waals surface area contributed by atoms with Crippen LogP contribution < -0.4 is 0 Å². The topological polar surface area (TPSA) is 89.3 Å². The van der Waals surface area contributed by atoms with Gasteiger partial charge in [-0.25, -0.2) is 17.9 Å². The number of hydrogen-bond acceptors (Lipinski definition) is 4. The first-order chi connectivity index (χ1) is 12.5. The van der Waals surface area contributed by atoms with Crippen molar-refractivity contribution in [2.45, 2.75) is 53.2 Å². The van der Waals surface area contributed by atoms with Crippen molar-refractivity contribution >= 4 is 27.1 Å². The van der Waals surface area contributed by atoms with Crippen molar-refractivity contribution < 1.29 is 18.3 Å². The van der Waals surface area contributed by atoms with Crippen molar-refractivity contribution in [2.24, 2.45) is 0 Å². The van der Waals surface area contributed by atoms with Gasteiger partial charge in [-0.15, -0.1) is 0 Å². The molecule has 1 aromatic rings. The van der Waals surface area contributed by atoms with Crippen LogP contribution in [0.25, 0.3) is 11.3 Å². The van der Waals surface area contributed by atoms with Crippen LogP contribution in [0.5, 0.6) is 0 Å². The molecule has 1 aromatic heterocycles. The number of rotatable bonds is 6. The molecule has 1 aliphatic heterocycles. The SMILES string of the molecule is C=C(C=C(C)C(C)=CC)n1nc(C(=O)O)c2c1C(C)=C(CCC)S(=O)(=O)C2. The van der Waals surface area contributed by atoms with Crippen LogP contribution >= 0.6 is 0 Å². The summed E-state index contributed by atoms with van der Waals surface area (Å²) in [6.45, 7) is 13.5. The highest BCUT2D eigenvalue weighted by Crippen LogP contribution is 2.38. The van der Waals surface area contributed by atoms with Crippen LogP contribution in [-0.4, -0.2) is 29.3 Å². The monoisotopic (exact) mass is 390 g/mol. The second-order valence-corrected chi connectivity index (χ2v) is 8.75. The van der Waals surface area contributed by atoms with E-state index in [1.807, 2.05) is 39.8 Å². The third kappa shape index (κ3) is 3.83. The lowest BCUT2D eigenvalue weighted by molar-refractivity contribution is 0.0689. The van der Waals surface area contributed by atoms with Crippen LogP contribution in [0.3, 0.4) is 0 Å². The number of carboxylic acid groups (broad SMARTS) is 1. The van der Waals surface area contributed by atoms with Gasteiger partial charge in [-0.3, -0.25) is 0 Å². The zero-order valence-corrected chi connectivity index (χ0v) is 17.3. The molecule has 2 heterocycles. The molecule has 6 nitrogen and oxygen atoms in total. The van der Waals surface area contributed by atoms with E-state index in [4.69, 9.17) is 0 Å². The summed E-state index contributed by atoms with van der Waals surface area (Å²) in [5.41, 5.74) is 3.60. The minimum Gasteiger partial charge on any atom is -0.476 e. The van der Waals surface area contributed by atoms with Gasteiger partial charge in [0, 0.05) is 10.5 Å². The standard InChI is InChI=1S/C20H26N2O4S/c1-7-9-17-15(6)19-16(11-27(17,25)26)18(20(23)24)21-22(19)14(5)10-13(4)12(3)8-2/h8,10H,5,7,9,11H2,1-4,6H3,(H,23,24). The third-order valence-electron chi connectivity index (χ3n) is 4.86. The number of carbonyl (C=O) groups is 1. The fourth-order valence-corrected chi connectivity index (χ4v) is 5.12. The summed E-state index contributed by atoms with van der Waals surface area (Å²) in [6.07, 6.45) is 4.89. The van der Waals surface area contributed by atoms with E-state index in [0.717, 1.165) is 11.1 Å². The molecule has 0 unspecified atom stereocenters. The summed E-state index contributed by atoms with van der Waals surface area (Å²) < 4.78 is 26.8. The molecule has 0 spiro atoms. The summed E-state index contributed by atoms with van der Waals surface area (Å²) in [4.78, 5) is 12.0. The lowest BCUT2D eigenvalue weighted by Gasteiger charge is -2.20. The van der Waals surface area contributed by atoms with Crippen LogP contribution in [0.1, 0.15) is 69.2 Å². The van der Waals surface area contributed by atoms with Gasteiger partial charge in [-0.1, -0.05) is 31.6 Å². The van der Waals surface area contributed by atoms with E-state index in [2.05, 4.69) is 11.7 Å². The van der Waals surface area contributed by atoms with Crippen molar-refractivity contribution in [3.8, 4) is 0 Å². The molecule has 2 rings (SSSR count). The normalized spacial score (nSPS) is 17.1. The molecular formula is C20H26N2O4S. The fourth-order valence-electron chi connectivity index (χ4n) is 3.22. The van der Waals surface area contributed by atoms with E-state index in [9.17, 15) is 18.3 Å². The van der Waals surface area contributed by atoms with E-state index in [0.29, 0.717) is 34.7 Å². The minimum absolute atomic E-state index is 0.231. The minimum atomic E-state index is -3.55. The second kappa shape index (κ2) is 7.68. The van der Waals surface area contributed by atoms with Gasteiger partial charge >= 0.3 is 5.97 Å². The van der Waals surface area contributed by atoms with Crippen LogP contribution in [0, 0.1) is 0 Å². The Kier molecular flexibility index (Phi) is 5.94. The van der Waals surface area contributed by atoms with Gasteiger partial charge in [0.25, 0.3) is 0 Å². The molecule has 0 atom stereocenters. The molecule has 0 aromatic carbocycles. The predicted molar refractivity (Wildman–Crippen MR) is 108 cm³/mol. The van der Waals surface area contributed by atoms with Gasteiger partial charge in [-0.2, -0.15) is 5.10 Å². The smallest absolute Gasteiger partial charge is 0.356 e. The Labute approximate surface area is 160 Å². The Balaban J connectivity index is 2.76. The summed E-state index contributed by atoms with van der Waals surface area (Å²) in [5.74, 6) is -1.59. The van der Waals surface area contributed by atoms with Crippen molar-refractivity contribution in [1.82, 2.24) is 9.78 Å². The highest BCUT2D eigenvalue weighted by molar-refractivity contribution is 7.94. The molecule has 7 heteroatoms. The average Bonchev–Trinajstić information content (AvgIpc) is 2.96. The zero-order valence-electron chi connectivity index (χ0n) is 16.5. The van der Waals surface area contributed by atoms with E-state index in [-0.39, 0.29) is 17.0 Å². The molecule has 0 radical (unpaired) electrons. The van der Waals surface area contributed by atoms with Gasteiger partial charge in [-0.05, 0) is 51.3 Å². The highest BCUT2D eigenvalue weighted by Gasteiger charge is 2.35. The maximum Gasteiger partial charge on any atom is 0.356 e. The Morgan fingerprint density at radius 2 is 1.96 bits per heavy atom. The first kappa shape index (κ1) is 20.9.